The van der Waals surface area contributed by atoms with Crippen molar-refractivity contribution in [3.8, 4) is 0 Å². The smallest absolute Gasteiger partial charge is 0.0537 e. The molecule has 1 nitrogen and oxygen atoms in total. The summed E-state index contributed by atoms with van der Waals surface area (Å²) in [6.07, 6.45) is 45.8. The number of benzene rings is 3. The van der Waals surface area contributed by atoms with Crippen LogP contribution in [0.1, 0.15) is 68.6 Å². The number of para-hydroxylation sites is 1. The Balaban J connectivity index is 1.13. The minimum atomic E-state index is 0.827. The molecule has 4 aliphatic carbocycles. The molecule has 0 aliphatic heterocycles. The van der Waals surface area contributed by atoms with Gasteiger partial charge in [0.05, 0.1) is 11.0 Å². The van der Waals surface area contributed by atoms with Crippen molar-refractivity contribution in [3.63, 3.8) is 0 Å². The van der Waals surface area contributed by atoms with Crippen LogP contribution in [0.5, 0.6) is 0 Å². The molecule has 0 unspecified atom stereocenters. The Morgan fingerprint density at radius 1 is 0.696 bits per heavy atom. The maximum absolute atomic E-state index is 4.67. The number of rotatable bonds is 7. The molecule has 1 heteroatoms. The number of aromatic nitrogens is 1. The summed E-state index contributed by atoms with van der Waals surface area (Å²) in [6, 6.07) is 25.0. The summed E-state index contributed by atoms with van der Waals surface area (Å²) in [4.78, 5) is 0. The van der Waals surface area contributed by atoms with Gasteiger partial charge in [0.2, 0.25) is 0 Å². The second kappa shape index (κ2) is 17.1. The lowest BCUT2D eigenvalue weighted by Gasteiger charge is -2.16. The van der Waals surface area contributed by atoms with Crippen molar-refractivity contribution in [2.45, 2.75) is 58.3 Å². The molecule has 8 rings (SSSR count). The molecule has 56 heavy (non-hydrogen) atoms. The predicted octanol–water partition coefficient (Wildman–Crippen LogP) is 14.9. The standard InChI is InChI=1S/C55H51N/c1-4-20-49-40(3)37-45(25-14-13-24-44-23-11-8-12-30-51(44)48(49)5-2)50-29-16-15-26-46(50)38-41-33-36-55-53(39-41)52-31-17-18-32-54(52)56(55)47-28-19-27-43(34-35-47)42-21-9-6-7-10-22-42/h4-7,9,11-18,20-23,26-33,36-37,39H,2-3,8,10,19,24-25,34-35,38H2,1H3/b14-13-,20-4-,45-37+,49-48-. The summed E-state index contributed by atoms with van der Waals surface area (Å²) in [6.45, 7) is 11.0. The molecule has 0 saturated carbocycles. The Kier molecular flexibility index (Phi) is 11.2. The van der Waals surface area contributed by atoms with Crippen LogP contribution in [0.4, 0.5) is 0 Å². The highest BCUT2D eigenvalue weighted by molar-refractivity contribution is 6.10. The Morgan fingerprint density at radius 2 is 1.54 bits per heavy atom. The minimum Gasteiger partial charge on any atom is -0.313 e. The third-order valence-corrected chi connectivity index (χ3v) is 11.4. The highest BCUT2D eigenvalue weighted by atomic mass is 15.0. The fourth-order valence-electron chi connectivity index (χ4n) is 8.70. The van der Waals surface area contributed by atoms with Crippen LogP contribution in [0.2, 0.25) is 0 Å². The van der Waals surface area contributed by atoms with Gasteiger partial charge in [0.15, 0.2) is 0 Å². The summed E-state index contributed by atoms with van der Waals surface area (Å²) >= 11 is 0. The van der Waals surface area contributed by atoms with Crippen LogP contribution in [-0.4, -0.2) is 4.57 Å². The lowest BCUT2D eigenvalue weighted by atomic mass is 9.88. The Hall–Kier alpha value is -6.18. The van der Waals surface area contributed by atoms with Gasteiger partial charge in [-0.15, -0.1) is 0 Å². The molecule has 0 atom stereocenters. The normalized spacial score (nSPS) is 20.8. The van der Waals surface area contributed by atoms with E-state index in [0.29, 0.717) is 0 Å². The molecule has 4 aliphatic rings. The van der Waals surface area contributed by atoms with Gasteiger partial charge in [-0.25, -0.2) is 0 Å². The first-order valence-electron chi connectivity index (χ1n) is 20.3. The first kappa shape index (κ1) is 36.8. The number of allylic oxidation sites excluding steroid dienone is 26. The zero-order valence-electron chi connectivity index (χ0n) is 32.7. The zero-order valence-corrected chi connectivity index (χ0v) is 32.7. The molecule has 0 amide bonds. The third kappa shape index (κ3) is 7.68. The second-order valence-electron chi connectivity index (χ2n) is 15.0. The average Bonchev–Trinajstić information content (AvgIpc) is 3.58. The molecular formula is C55H51N. The van der Waals surface area contributed by atoms with Crippen LogP contribution in [0.15, 0.2) is 222 Å². The van der Waals surface area contributed by atoms with Crippen molar-refractivity contribution in [1.29, 1.82) is 0 Å². The van der Waals surface area contributed by atoms with Gasteiger partial charge in [-0.3, -0.25) is 0 Å². The van der Waals surface area contributed by atoms with Crippen molar-refractivity contribution in [2.75, 3.05) is 0 Å². The van der Waals surface area contributed by atoms with Crippen molar-refractivity contribution >= 4 is 33.1 Å². The molecular weight excluding hydrogens is 675 g/mol. The Morgan fingerprint density at radius 3 is 2.45 bits per heavy atom. The van der Waals surface area contributed by atoms with Gasteiger partial charge >= 0.3 is 0 Å². The maximum Gasteiger partial charge on any atom is 0.0537 e. The Labute approximate surface area is 333 Å². The van der Waals surface area contributed by atoms with E-state index in [0.717, 1.165) is 68.1 Å². The van der Waals surface area contributed by atoms with Crippen LogP contribution in [0, 0.1) is 0 Å². The van der Waals surface area contributed by atoms with Gasteiger partial charge in [-0.05, 0) is 138 Å². The lowest BCUT2D eigenvalue weighted by molar-refractivity contribution is 0.960. The lowest BCUT2D eigenvalue weighted by Crippen LogP contribution is -1.99. The summed E-state index contributed by atoms with van der Waals surface area (Å²) in [5.41, 5.74) is 17.7. The summed E-state index contributed by atoms with van der Waals surface area (Å²) in [7, 11) is 0. The molecule has 1 aromatic heterocycles. The Bertz CT molecular complexity index is 2600. The van der Waals surface area contributed by atoms with E-state index < -0.39 is 0 Å². The van der Waals surface area contributed by atoms with E-state index >= 15 is 0 Å². The van der Waals surface area contributed by atoms with E-state index in [1.807, 2.05) is 6.08 Å². The number of nitrogens with zero attached hydrogens (tertiary/aromatic N) is 1. The van der Waals surface area contributed by atoms with Crippen molar-refractivity contribution in [3.05, 3.63) is 239 Å². The molecule has 0 radical (unpaired) electrons. The highest BCUT2D eigenvalue weighted by Gasteiger charge is 2.18. The first-order chi connectivity index (χ1) is 27.6. The van der Waals surface area contributed by atoms with E-state index in [4.69, 9.17) is 0 Å². The molecule has 0 saturated heterocycles. The first-order valence-corrected chi connectivity index (χ1v) is 20.3. The van der Waals surface area contributed by atoms with Crippen LogP contribution in [-0.2, 0) is 6.42 Å². The van der Waals surface area contributed by atoms with Crippen molar-refractivity contribution < 1.29 is 0 Å². The summed E-state index contributed by atoms with van der Waals surface area (Å²) in [5, 5.41) is 2.62. The number of hydrogen-bond donors (Lipinski definition) is 0. The fourth-order valence-corrected chi connectivity index (χ4v) is 8.70. The van der Waals surface area contributed by atoms with Crippen molar-refractivity contribution in [2.24, 2.45) is 0 Å². The van der Waals surface area contributed by atoms with Crippen LogP contribution in [0.25, 0.3) is 33.1 Å². The summed E-state index contributed by atoms with van der Waals surface area (Å²) in [5.74, 6) is 0. The molecule has 276 valence electrons. The fraction of sp³-hybridized carbons (Fsp3) is 0.164. The van der Waals surface area contributed by atoms with Crippen LogP contribution < -0.4 is 0 Å². The zero-order chi connectivity index (χ0) is 38.3. The quantitative estimate of drug-likeness (QED) is 0.167. The molecule has 0 bridgehead atoms. The van der Waals surface area contributed by atoms with Gasteiger partial charge in [-0.1, -0.05) is 165 Å². The minimum absolute atomic E-state index is 0.827. The predicted molar refractivity (Wildman–Crippen MR) is 243 cm³/mol. The second-order valence-corrected chi connectivity index (χ2v) is 15.0. The number of fused-ring (bicyclic) bond motifs is 3. The number of hydrogen-bond acceptors (Lipinski definition) is 0. The highest BCUT2D eigenvalue weighted by Crippen LogP contribution is 2.38. The van der Waals surface area contributed by atoms with Gasteiger partial charge in [0.25, 0.3) is 0 Å². The molecule has 1 heterocycles. The molecule has 0 N–H and O–H groups in total. The monoisotopic (exact) mass is 725 g/mol. The maximum atomic E-state index is 4.67. The van der Waals surface area contributed by atoms with Crippen LogP contribution >= 0.6 is 0 Å². The van der Waals surface area contributed by atoms with E-state index in [2.05, 4.69) is 189 Å². The molecule has 4 aromatic rings. The molecule has 3 aromatic carbocycles. The summed E-state index contributed by atoms with van der Waals surface area (Å²) < 4.78 is 2.52. The van der Waals surface area contributed by atoms with Gasteiger partial charge in [-0.2, -0.15) is 0 Å². The molecule has 0 fully saturated rings. The van der Waals surface area contributed by atoms with Crippen LogP contribution in [0.3, 0.4) is 0 Å². The van der Waals surface area contributed by atoms with E-state index in [9.17, 15) is 0 Å². The SMILES string of the molecule is C=C/C1=C(\C=C/C)C(=C)/C=C(/c2ccccc2Cc2ccc3c(c2)c2ccccc2n3C2=CCC=C(C3=CCC=CC=C3)CC2)C/C=C\CC2=C1C=CCC=C2. The van der Waals surface area contributed by atoms with Crippen molar-refractivity contribution in [1.82, 2.24) is 4.57 Å². The average molecular weight is 726 g/mol. The largest absolute Gasteiger partial charge is 0.313 e. The van der Waals surface area contributed by atoms with E-state index in [1.54, 1.807) is 0 Å². The van der Waals surface area contributed by atoms with Gasteiger partial charge in [0, 0.05) is 16.5 Å². The third-order valence-electron chi connectivity index (χ3n) is 11.4. The molecule has 0 spiro atoms. The van der Waals surface area contributed by atoms with E-state index in [1.165, 1.54) is 72.1 Å². The topological polar surface area (TPSA) is 4.93 Å². The van der Waals surface area contributed by atoms with E-state index in [-0.39, 0.29) is 0 Å². The van der Waals surface area contributed by atoms with Gasteiger partial charge in [0.1, 0.15) is 0 Å². The van der Waals surface area contributed by atoms with Gasteiger partial charge < -0.3 is 4.57 Å².